The molecule has 0 radical (unpaired) electrons. The zero-order chi connectivity index (χ0) is 13.3. The molecular formula is C12H9BrFNO3. The molecule has 2 aromatic rings. The molecule has 0 aliphatic carbocycles. The number of halogens is 2. The van der Waals surface area contributed by atoms with Gasteiger partial charge in [-0.3, -0.25) is 4.98 Å². The molecule has 0 unspecified atom stereocenters. The molecule has 18 heavy (non-hydrogen) atoms. The van der Waals surface area contributed by atoms with Gasteiger partial charge in [0.25, 0.3) is 0 Å². The monoisotopic (exact) mass is 313 g/mol. The van der Waals surface area contributed by atoms with Crippen molar-refractivity contribution in [2.75, 3.05) is 14.2 Å². The molecule has 1 aromatic heterocycles. The smallest absolute Gasteiger partial charge is 0.340 e. The number of pyridine rings is 1. The molecule has 0 atom stereocenters. The van der Waals surface area contributed by atoms with Crippen molar-refractivity contribution in [3.05, 3.63) is 34.2 Å². The van der Waals surface area contributed by atoms with Crippen LogP contribution in [0.5, 0.6) is 5.75 Å². The van der Waals surface area contributed by atoms with E-state index in [1.165, 1.54) is 32.5 Å². The van der Waals surface area contributed by atoms with E-state index in [0.29, 0.717) is 15.4 Å². The third kappa shape index (κ3) is 2.03. The summed E-state index contributed by atoms with van der Waals surface area (Å²) in [6, 6.07) is 2.73. The predicted octanol–water partition coefficient (Wildman–Crippen LogP) is 2.93. The first-order valence-electron chi connectivity index (χ1n) is 4.98. The van der Waals surface area contributed by atoms with E-state index in [9.17, 15) is 9.18 Å². The number of hydrogen-bond acceptors (Lipinski definition) is 4. The lowest BCUT2D eigenvalue weighted by Gasteiger charge is -2.08. The molecular weight excluding hydrogens is 305 g/mol. The number of carbonyl (C=O) groups excluding carboxylic acids is 1. The van der Waals surface area contributed by atoms with Crippen LogP contribution in [-0.2, 0) is 4.74 Å². The molecule has 4 nitrogen and oxygen atoms in total. The lowest BCUT2D eigenvalue weighted by Crippen LogP contribution is -2.03. The number of hydrogen-bond donors (Lipinski definition) is 0. The minimum absolute atomic E-state index is 0.0898. The van der Waals surface area contributed by atoms with Gasteiger partial charge in [0.1, 0.15) is 0 Å². The Labute approximate surface area is 111 Å². The summed E-state index contributed by atoms with van der Waals surface area (Å²) in [5.41, 5.74) is 0.700. The van der Waals surface area contributed by atoms with Crippen molar-refractivity contribution in [3.63, 3.8) is 0 Å². The van der Waals surface area contributed by atoms with Crippen LogP contribution in [0.1, 0.15) is 10.4 Å². The van der Waals surface area contributed by atoms with E-state index < -0.39 is 11.8 Å². The van der Waals surface area contributed by atoms with Crippen LogP contribution in [0.15, 0.2) is 22.8 Å². The number of benzene rings is 1. The lowest BCUT2D eigenvalue weighted by molar-refractivity contribution is 0.0599. The van der Waals surface area contributed by atoms with Crippen LogP contribution < -0.4 is 4.74 Å². The zero-order valence-corrected chi connectivity index (χ0v) is 11.2. The lowest BCUT2D eigenvalue weighted by atomic mass is 10.1. The quantitative estimate of drug-likeness (QED) is 0.800. The average Bonchev–Trinajstić information content (AvgIpc) is 2.38. The number of ether oxygens (including phenoxy) is 2. The first kappa shape index (κ1) is 12.8. The maximum Gasteiger partial charge on any atom is 0.340 e. The molecule has 0 saturated heterocycles. The van der Waals surface area contributed by atoms with Crippen molar-refractivity contribution in [1.82, 2.24) is 4.98 Å². The Morgan fingerprint density at radius 1 is 1.39 bits per heavy atom. The van der Waals surface area contributed by atoms with Crippen LogP contribution >= 0.6 is 15.9 Å². The molecule has 1 heterocycles. The summed E-state index contributed by atoms with van der Waals surface area (Å²) in [6.45, 7) is 0. The van der Waals surface area contributed by atoms with E-state index in [-0.39, 0.29) is 11.3 Å². The van der Waals surface area contributed by atoms with Gasteiger partial charge in [0, 0.05) is 22.1 Å². The molecule has 0 aliphatic heterocycles. The molecule has 0 N–H and O–H groups in total. The molecule has 0 saturated carbocycles. The largest absolute Gasteiger partial charge is 0.494 e. The van der Waals surface area contributed by atoms with E-state index in [2.05, 4.69) is 25.7 Å². The van der Waals surface area contributed by atoms with Gasteiger partial charge in [0.2, 0.25) is 0 Å². The van der Waals surface area contributed by atoms with Gasteiger partial charge in [-0.05, 0) is 22.0 Å². The van der Waals surface area contributed by atoms with Crippen molar-refractivity contribution >= 4 is 32.8 Å². The van der Waals surface area contributed by atoms with Crippen molar-refractivity contribution in [2.45, 2.75) is 0 Å². The van der Waals surface area contributed by atoms with Crippen LogP contribution in [0.4, 0.5) is 4.39 Å². The normalized spacial score (nSPS) is 10.4. The minimum atomic E-state index is -0.514. The molecule has 0 amide bonds. The summed E-state index contributed by atoms with van der Waals surface area (Å²) < 4.78 is 23.5. The van der Waals surface area contributed by atoms with Gasteiger partial charge in [-0.1, -0.05) is 0 Å². The van der Waals surface area contributed by atoms with E-state index in [1.807, 2.05) is 0 Å². The first-order chi connectivity index (χ1) is 8.58. The number of aromatic nitrogens is 1. The fourth-order valence-corrected chi connectivity index (χ4v) is 2.15. The molecule has 2 rings (SSSR count). The van der Waals surface area contributed by atoms with Crippen LogP contribution in [0.2, 0.25) is 0 Å². The second kappa shape index (κ2) is 4.89. The third-order valence-corrected chi connectivity index (χ3v) is 3.34. The van der Waals surface area contributed by atoms with Crippen molar-refractivity contribution in [1.29, 1.82) is 0 Å². The maximum absolute atomic E-state index is 13.5. The van der Waals surface area contributed by atoms with Gasteiger partial charge in [0.05, 0.1) is 25.3 Å². The second-order valence-corrected chi connectivity index (χ2v) is 4.27. The average molecular weight is 314 g/mol. The zero-order valence-electron chi connectivity index (χ0n) is 9.66. The van der Waals surface area contributed by atoms with Gasteiger partial charge in [-0.25, -0.2) is 9.18 Å². The summed E-state index contributed by atoms with van der Waals surface area (Å²) in [5.74, 6) is -0.929. The highest BCUT2D eigenvalue weighted by molar-refractivity contribution is 9.10. The predicted molar refractivity (Wildman–Crippen MR) is 67.3 cm³/mol. The number of carbonyl (C=O) groups is 1. The minimum Gasteiger partial charge on any atom is -0.494 e. The van der Waals surface area contributed by atoms with Crippen molar-refractivity contribution in [2.24, 2.45) is 0 Å². The molecule has 6 heteroatoms. The van der Waals surface area contributed by atoms with Gasteiger partial charge >= 0.3 is 5.97 Å². The van der Waals surface area contributed by atoms with E-state index in [0.717, 1.165) is 0 Å². The molecule has 0 bridgehead atoms. The van der Waals surface area contributed by atoms with Crippen LogP contribution in [0.25, 0.3) is 10.9 Å². The Kier molecular flexibility index (Phi) is 3.47. The fourth-order valence-electron chi connectivity index (χ4n) is 1.57. The van der Waals surface area contributed by atoms with Gasteiger partial charge in [0.15, 0.2) is 11.6 Å². The third-order valence-electron chi connectivity index (χ3n) is 2.48. The Morgan fingerprint density at radius 3 is 2.72 bits per heavy atom. The molecule has 0 fully saturated rings. The summed E-state index contributed by atoms with van der Waals surface area (Å²) in [7, 11) is 2.65. The highest BCUT2D eigenvalue weighted by atomic mass is 79.9. The highest BCUT2D eigenvalue weighted by Crippen LogP contribution is 2.31. The standard InChI is InChI=1S/C12H9BrFNO3/c1-17-10-3-6-9(4-8(10)14)15-5-7(11(6)13)12(16)18-2/h3-5H,1-2H3. The van der Waals surface area contributed by atoms with Gasteiger partial charge in [-0.2, -0.15) is 0 Å². The topological polar surface area (TPSA) is 48.4 Å². The molecule has 0 spiro atoms. The van der Waals surface area contributed by atoms with E-state index in [4.69, 9.17) is 4.74 Å². The van der Waals surface area contributed by atoms with Crippen LogP contribution in [-0.4, -0.2) is 25.2 Å². The summed E-state index contributed by atoms with van der Waals surface area (Å²) >= 11 is 3.29. The summed E-state index contributed by atoms with van der Waals surface area (Å²) in [4.78, 5) is 15.5. The van der Waals surface area contributed by atoms with Crippen molar-refractivity contribution < 1.29 is 18.7 Å². The van der Waals surface area contributed by atoms with Crippen molar-refractivity contribution in [3.8, 4) is 5.75 Å². The second-order valence-electron chi connectivity index (χ2n) is 3.48. The number of rotatable bonds is 2. The number of esters is 1. The maximum atomic E-state index is 13.5. The van der Waals surface area contributed by atoms with Gasteiger partial charge < -0.3 is 9.47 Å². The Bertz CT molecular complexity index is 630. The molecule has 94 valence electrons. The first-order valence-corrected chi connectivity index (χ1v) is 5.78. The number of methoxy groups -OCH3 is 2. The molecule has 0 aliphatic rings. The Balaban J connectivity index is 2.73. The Morgan fingerprint density at radius 2 is 2.11 bits per heavy atom. The SMILES string of the molecule is COC(=O)c1cnc2cc(F)c(OC)cc2c1Br. The fraction of sp³-hybridized carbons (Fsp3) is 0.167. The van der Waals surface area contributed by atoms with Crippen LogP contribution in [0, 0.1) is 5.82 Å². The van der Waals surface area contributed by atoms with E-state index in [1.54, 1.807) is 0 Å². The summed E-state index contributed by atoms with van der Waals surface area (Å²) in [6.07, 6.45) is 1.34. The van der Waals surface area contributed by atoms with E-state index >= 15 is 0 Å². The van der Waals surface area contributed by atoms with Gasteiger partial charge in [-0.15, -0.1) is 0 Å². The molecule has 1 aromatic carbocycles. The highest BCUT2D eigenvalue weighted by Gasteiger charge is 2.16. The number of fused-ring (bicyclic) bond motifs is 1. The van der Waals surface area contributed by atoms with Crippen LogP contribution in [0.3, 0.4) is 0 Å². The Hall–Kier alpha value is -1.69. The number of nitrogens with zero attached hydrogens (tertiary/aromatic N) is 1. The summed E-state index contributed by atoms with van der Waals surface area (Å²) in [5, 5.41) is 0.580.